The van der Waals surface area contributed by atoms with Gasteiger partial charge in [0.1, 0.15) is 0 Å². The molecule has 19 heavy (non-hydrogen) atoms. The molecule has 106 valence electrons. The molecule has 0 amide bonds. The van der Waals surface area contributed by atoms with E-state index in [4.69, 9.17) is 9.84 Å². The first kappa shape index (κ1) is 15.8. The normalized spacial score (nSPS) is 10.9. The molecule has 0 bridgehead atoms. The van der Waals surface area contributed by atoms with Crippen LogP contribution in [-0.2, 0) is 4.74 Å². The van der Waals surface area contributed by atoms with Crippen LogP contribution < -0.4 is 0 Å². The number of hydrogen-bond donors (Lipinski definition) is 1. The van der Waals surface area contributed by atoms with Gasteiger partial charge in [-0.1, -0.05) is 29.8 Å². The number of ketones is 1. The highest BCUT2D eigenvalue weighted by atomic mass is 16.5. The van der Waals surface area contributed by atoms with Gasteiger partial charge in [-0.2, -0.15) is 0 Å². The summed E-state index contributed by atoms with van der Waals surface area (Å²) in [5, 5.41) is 8.98. The van der Waals surface area contributed by atoms with E-state index in [9.17, 15) is 4.79 Å². The standard InChI is InChI=1S/C15H23NO3/c1-13-3-5-14(6-4-13)15(18)7-8-16(9-11-17)10-12-19-2/h3-6,17H,7-12H2,1-2H3. The molecular weight excluding hydrogens is 242 g/mol. The number of nitrogens with zero attached hydrogens (tertiary/aromatic N) is 1. The number of methoxy groups -OCH3 is 1. The topological polar surface area (TPSA) is 49.8 Å². The minimum Gasteiger partial charge on any atom is -0.395 e. The zero-order valence-corrected chi connectivity index (χ0v) is 11.8. The van der Waals surface area contributed by atoms with Crippen LogP contribution in [0.25, 0.3) is 0 Å². The number of carbonyl (C=O) groups excluding carboxylic acids is 1. The molecule has 0 spiro atoms. The van der Waals surface area contributed by atoms with Gasteiger partial charge in [0, 0.05) is 38.7 Å². The summed E-state index contributed by atoms with van der Waals surface area (Å²) in [6.45, 7) is 4.67. The van der Waals surface area contributed by atoms with Gasteiger partial charge in [-0.25, -0.2) is 0 Å². The van der Waals surface area contributed by atoms with Crippen molar-refractivity contribution in [1.82, 2.24) is 4.90 Å². The van der Waals surface area contributed by atoms with E-state index >= 15 is 0 Å². The molecule has 0 aromatic heterocycles. The number of benzene rings is 1. The van der Waals surface area contributed by atoms with Gasteiger partial charge >= 0.3 is 0 Å². The third-order valence-electron chi connectivity index (χ3n) is 3.06. The summed E-state index contributed by atoms with van der Waals surface area (Å²) in [7, 11) is 1.65. The number of aliphatic hydroxyl groups is 1. The molecule has 1 aromatic rings. The van der Waals surface area contributed by atoms with Gasteiger partial charge in [-0.3, -0.25) is 9.69 Å². The van der Waals surface area contributed by atoms with E-state index in [0.717, 1.165) is 17.7 Å². The molecule has 0 saturated carbocycles. The van der Waals surface area contributed by atoms with Crippen molar-refractivity contribution in [2.75, 3.05) is 40.0 Å². The molecule has 1 N–H and O–H groups in total. The quantitative estimate of drug-likeness (QED) is 0.688. The third kappa shape index (κ3) is 5.96. The van der Waals surface area contributed by atoms with Crippen molar-refractivity contribution in [3.8, 4) is 0 Å². The highest BCUT2D eigenvalue weighted by Crippen LogP contribution is 2.06. The molecule has 0 unspecified atom stereocenters. The van der Waals surface area contributed by atoms with Crippen LogP contribution in [0.5, 0.6) is 0 Å². The summed E-state index contributed by atoms with van der Waals surface area (Å²) in [6, 6.07) is 7.62. The van der Waals surface area contributed by atoms with Gasteiger partial charge in [-0.15, -0.1) is 0 Å². The van der Waals surface area contributed by atoms with E-state index in [1.165, 1.54) is 0 Å². The highest BCUT2D eigenvalue weighted by molar-refractivity contribution is 5.96. The van der Waals surface area contributed by atoms with E-state index in [-0.39, 0.29) is 12.4 Å². The van der Waals surface area contributed by atoms with Crippen molar-refractivity contribution in [1.29, 1.82) is 0 Å². The maximum Gasteiger partial charge on any atom is 0.164 e. The Morgan fingerprint density at radius 2 is 1.89 bits per heavy atom. The molecule has 0 radical (unpaired) electrons. The SMILES string of the molecule is COCCN(CCO)CCC(=O)c1ccc(C)cc1. The number of Topliss-reactive ketones (excluding diaryl/α,β-unsaturated/α-hetero) is 1. The van der Waals surface area contributed by atoms with Crippen LogP contribution in [0.2, 0.25) is 0 Å². The lowest BCUT2D eigenvalue weighted by atomic mass is 10.1. The lowest BCUT2D eigenvalue weighted by Gasteiger charge is -2.20. The first-order chi connectivity index (χ1) is 9.17. The Hall–Kier alpha value is -1.23. The van der Waals surface area contributed by atoms with Gasteiger partial charge in [-0.05, 0) is 6.92 Å². The van der Waals surface area contributed by atoms with Crippen molar-refractivity contribution < 1.29 is 14.6 Å². The number of hydrogen-bond acceptors (Lipinski definition) is 4. The lowest BCUT2D eigenvalue weighted by molar-refractivity contribution is 0.0933. The molecule has 0 aliphatic carbocycles. The second kappa shape index (κ2) is 8.80. The fourth-order valence-electron chi connectivity index (χ4n) is 1.84. The Kier molecular flexibility index (Phi) is 7.33. The Labute approximate surface area is 115 Å². The van der Waals surface area contributed by atoms with Crippen LogP contribution in [0.4, 0.5) is 0 Å². The summed E-state index contributed by atoms with van der Waals surface area (Å²) in [4.78, 5) is 14.1. The molecule has 4 nitrogen and oxygen atoms in total. The lowest BCUT2D eigenvalue weighted by Crippen LogP contribution is -2.32. The van der Waals surface area contributed by atoms with Crippen LogP contribution in [0.15, 0.2) is 24.3 Å². The summed E-state index contributed by atoms with van der Waals surface area (Å²) in [6.07, 6.45) is 0.465. The van der Waals surface area contributed by atoms with E-state index in [0.29, 0.717) is 26.1 Å². The predicted octanol–water partition coefficient (Wildman–Crippen LogP) is 1.51. The number of aliphatic hydroxyl groups excluding tert-OH is 1. The van der Waals surface area contributed by atoms with Crippen LogP contribution in [0, 0.1) is 6.92 Å². The molecule has 0 atom stereocenters. The van der Waals surface area contributed by atoms with E-state index in [1.807, 2.05) is 36.1 Å². The van der Waals surface area contributed by atoms with E-state index in [2.05, 4.69) is 0 Å². The molecule has 0 aliphatic rings. The summed E-state index contributed by atoms with van der Waals surface area (Å²) < 4.78 is 5.02. The number of ether oxygens (including phenoxy) is 1. The minimum absolute atomic E-state index is 0.0996. The highest BCUT2D eigenvalue weighted by Gasteiger charge is 2.09. The zero-order chi connectivity index (χ0) is 14.1. The maximum atomic E-state index is 12.0. The number of rotatable bonds is 9. The fraction of sp³-hybridized carbons (Fsp3) is 0.533. The monoisotopic (exact) mass is 265 g/mol. The van der Waals surface area contributed by atoms with E-state index in [1.54, 1.807) is 7.11 Å². The second-order valence-electron chi connectivity index (χ2n) is 4.60. The molecule has 0 heterocycles. The number of carbonyl (C=O) groups is 1. The Balaban J connectivity index is 2.44. The minimum atomic E-state index is 0.0996. The Bertz CT molecular complexity index is 375. The van der Waals surface area contributed by atoms with Gasteiger partial charge < -0.3 is 9.84 Å². The zero-order valence-electron chi connectivity index (χ0n) is 11.8. The molecule has 4 heteroatoms. The van der Waals surface area contributed by atoms with Crippen molar-refractivity contribution in [3.05, 3.63) is 35.4 Å². The molecule has 0 aliphatic heterocycles. The largest absolute Gasteiger partial charge is 0.395 e. The molecule has 1 aromatic carbocycles. The third-order valence-corrected chi connectivity index (χ3v) is 3.06. The molecule has 1 rings (SSSR count). The van der Waals surface area contributed by atoms with Crippen molar-refractivity contribution in [2.24, 2.45) is 0 Å². The Morgan fingerprint density at radius 3 is 2.47 bits per heavy atom. The van der Waals surface area contributed by atoms with Crippen LogP contribution in [0.1, 0.15) is 22.3 Å². The predicted molar refractivity (Wildman–Crippen MR) is 75.5 cm³/mol. The first-order valence-electron chi connectivity index (χ1n) is 6.59. The summed E-state index contributed by atoms with van der Waals surface area (Å²) >= 11 is 0. The van der Waals surface area contributed by atoms with Gasteiger partial charge in [0.2, 0.25) is 0 Å². The molecule has 0 fully saturated rings. The second-order valence-corrected chi connectivity index (χ2v) is 4.60. The summed E-state index contributed by atoms with van der Waals surface area (Å²) in [5.74, 6) is 0.139. The van der Waals surface area contributed by atoms with Crippen molar-refractivity contribution in [3.63, 3.8) is 0 Å². The molecular formula is C15H23NO3. The number of aryl methyl sites for hydroxylation is 1. The Morgan fingerprint density at radius 1 is 1.21 bits per heavy atom. The summed E-state index contributed by atoms with van der Waals surface area (Å²) in [5.41, 5.74) is 1.90. The smallest absolute Gasteiger partial charge is 0.164 e. The van der Waals surface area contributed by atoms with Crippen molar-refractivity contribution >= 4 is 5.78 Å². The van der Waals surface area contributed by atoms with Gasteiger partial charge in [0.25, 0.3) is 0 Å². The molecule has 0 saturated heterocycles. The van der Waals surface area contributed by atoms with E-state index < -0.39 is 0 Å². The average molecular weight is 265 g/mol. The fourth-order valence-corrected chi connectivity index (χ4v) is 1.84. The maximum absolute atomic E-state index is 12.0. The van der Waals surface area contributed by atoms with Crippen LogP contribution in [0.3, 0.4) is 0 Å². The van der Waals surface area contributed by atoms with Gasteiger partial charge in [0.05, 0.1) is 13.2 Å². The average Bonchev–Trinajstić information content (AvgIpc) is 2.42. The van der Waals surface area contributed by atoms with Crippen LogP contribution in [-0.4, -0.2) is 55.7 Å². The first-order valence-corrected chi connectivity index (χ1v) is 6.59. The van der Waals surface area contributed by atoms with Crippen molar-refractivity contribution in [2.45, 2.75) is 13.3 Å². The van der Waals surface area contributed by atoms with Crippen LogP contribution >= 0.6 is 0 Å². The van der Waals surface area contributed by atoms with Gasteiger partial charge in [0.15, 0.2) is 5.78 Å².